The maximum atomic E-state index is 11.0. The molecule has 0 aliphatic carbocycles. The zero-order valence-electron chi connectivity index (χ0n) is 11.3. The van der Waals surface area contributed by atoms with Crippen LogP contribution < -0.4 is 0 Å². The van der Waals surface area contributed by atoms with Crippen molar-refractivity contribution in [3.63, 3.8) is 0 Å². The molecule has 2 N–H and O–H groups in total. The van der Waals surface area contributed by atoms with Gasteiger partial charge in [0.15, 0.2) is 0 Å². The molecule has 0 amide bonds. The SMILES string of the molecule is CS(=O)(=O)O[C@@H](CO)C[C@@H](O)CCSc1ccccc1. The quantitative estimate of drug-likeness (QED) is 0.526. The molecule has 0 spiro atoms. The van der Waals surface area contributed by atoms with E-state index in [1.54, 1.807) is 11.8 Å². The van der Waals surface area contributed by atoms with E-state index in [2.05, 4.69) is 4.18 Å². The maximum absolute atomic E-state index is 11.0. The molecular formula is C13H20O5S2. The molecule has 0 aliphatic heterocycles. The van der Waals surface area contributed by atoms with Crippen molar-refractivity contribution in [1.29, 1.82) is 0 Å². The van der Waals surface area contributed by atoms with Crippen LogP contribution in [0, 0.1) is 0 Å². The number of aliphatic hydroxyl groups is 2. The summed E-state index contributed by atoms with van der Waals surface area (Å²) in [6, 6.07) is 9.80. The highest BCUT2D eigenvalue weighted by molar-refractivity contribution is 7.99. The summed E-state index contributed by atoms with van der Waals surface area (Å²) in [5, 5.41) is 18.9. The lowest BCUT2D eigenvalue weighted by molar-refractivity contribution is 0.0602. The normalized spacial score (nSPS) is 14.9. The second-order valence-corrected chi connectivity index (χ2v) is 7.21. The number of hydrogen-bond acceptors (Lipinski definition) is 6. The van der Waals surface area contributed by atoms with Gasteiger partial charge in [0.05, 0.1) is 19.0 Å². The fraction of sp³-hybridized carbons (Fsp3) is 0.538. The first-order chi connectivity index (χ1) is 9.40. The van der Waals surface area contributed by atoms with Gasteiger partial charge in [0.25, 0.3) is 10.1 Å². The summed E-state index contributed by atoms with van der Waals surface area (Å²) < 4.78 is 26.6. The summed E-state index contributed by atoms with van der Waals surface area (Å²) in [7, 11) is -3.62. The number of thioether (sulfide) groups is 1. The zero-order chi connectivity index (χ0) is 15.0. The molecule has 5 nitrogen and oxygen atoms in total. The van der Waals surface area contributed by atoms with Crippen LogP contribution in [-0.2, 0) is 14.3 Å². The number of benzene rings is 1. The van der Waals surface area contributed by atoms with Crippen molar-refractivity contribution in [2.75, 3.05) is 18.6 Å². The minimum Gasteiger partial charge on any atom is -0.394 e. The van der Waals surface area contributed by atoms with Gasteiger partial charge in [-0.2, -0.15) is 8.42 Å². The predicted molar refractivity (Wildman–Crippen MR) is 79.2 cm³/mol. The Bertz CT molecular complexity index is 475. The van der Waals surface area contributed by atoms with E-state index < -0.39 is 28.9 Å². The average Bonchev–Trinajstić information content (AvgIpc) is 2.37. The Kier molecular flexibility index (Phi) is 7.53. The Hall–Kier alpha value is -0.600. The lowest BCUT2D eigenvalue weighted by Crippen LogP contribution is -2.27. The van der Waals surface area contributed by atoms with Crippen LogP contribution in [0.3, 0.4) is 0 Å². The van der Waals surface area contributed by atoms with Gasteiger partial charge in [0.2, 0.25) is 0 Å². The van der Waals surface area contributed by atoms with Gasteiger partial charge in [0, 0.05) is 17.1 Å². The van der Waals surface area contributed by atoms with E-state index in [1.807, 2.05) is 30.3 Å². The van der Waals surface area contributed by atoms with Crippen LogP contribution in [-0.4, -0.2) is 49.5 Å². The van der Waals surface area contributed by atoms with Crippen LogP contribution in [0.4, 0.5) is 0 Å². The molecule has 0 radical (unpaired) electrons. The minimum absolute atomic E-state index is 0.0962. The molecule has 20 heavy (non-hydrogen) atoms. The van der Waals surface area contributed by atoms with Crippen LogP contribution >= 0.6 is 11.8 Å². The standard InChI is InChI=1S/C13H20O5S2/c1-20(16,17)18-12(10-14)9-11(15)7-8-19-13-5-3-2-4-6-13/h2-6,11-12,14-15H,7-10H2,1H3/t11-,12+/m0/s1. The van der Waals surface area contributed by atoms with Gasteiger partial charge in [-0.1, -0.05) is 18.2 Å². The van der Waals surface area contributed by atoms with Gasteiger partial charge in [-0.05, 0) is 18.6 Å². The highest BCUT2D eigenvalue weighted by Crippen LogP contribution is 2.19. The zero-order valence-corrected chi connectivity index (χ0v) is 12.9. The van der Waals surface area contributed by atoms with Crippen LogP contribution in [0.15, 0.2) is 35.2 Å². The van der Waals surface area contributed by atoms with E-state index in [4.69, 9.17) is 5.11 Å². The molecule has 0 bridgehead atoms. The van der Waals surface area contributed by atoms with Gasteiger partial charge in [-0.15, -0.1) is 11.8 Å². The molecule has 1 aromatic carbocycles. The van der Waals surface area contributed by atoms with Crippen LogP contribution in [0.2, 0.25) is 0 Å². The van der Waals surface area contributed by atoms with Crippen LogP contribution in [0.25, 0.3) is 0 Å². The summed E-state index contributed by atoms with van der Waals surface area (Å²) >= 11 is 1.62. The van der Waals surface area contributed by atoms with Gasteiger partial charge in [-0.3, -0.25) is 4.18 Å². The van der Waals surface area contributed by atoms with Gasteiger partial charge in [0.1, 0.15) is 6.10 Å². The van der Waals surface area contributed by atoms with Crippen molar-refractivity contribution < 1.29 is 22.8 Å². The Labute approximate surface area is 124 Å². The molecule has 0 aliphatic rings. The summed E-state index contributed by atoms with van der Waals surface area (Å²) in [5.74, 6) is 0.711. The minimum atomic E-state index is -3.62. The summed E-state index contributed by atoms with van der Waals surface area (Å²) in [6.07, 6.45) is -0.0677. The maximum Gasteiger partial charge on any atom is 0.264 e. The fourth-order valence-corrected chi connectivity index (χ4v) is 3.25. The molecule has 1 aromatic rings. The molecule has 2 atom stereocenters. The molecule has 0 saturated carbocycles. The van der Waals surface area contributed by atoms with Crippen molar-refractivity contribution in [2.45, 2.75) is 29.9 Å². The summed E-state index contributed by atoms with van der Waals surface area (Å²) in [4.78, 5) is 1.12. The summed E-state index contributed by atoms with van der Waals surface area (Å²) in [5.41, 5.74) is 0. The van der Waals surface area contributed by atoms with Crippen molar-refractivity contribution in [2.24, 2.45) is 0 Å². The second-order valence-electron chi connectivity index (χ2n) is 4.44. The third-order valence-corrected chi connectivity index (χ3v) is 4.18. The first-order valence-corrected chi connectivity index (χ1v) is 9.06. The van der Waals surface area contributed by atoms with Crippen molar-refractivity contribution in [3.8, 4) is 0 Å². The van der Waals surface area contributed by atoms with E-state index in [0.29, 0.717) is 12.2 Å². The van der Waals surface area contributed by atoms with Crippen LogP contribution in [0.5, 0.6) is 0 Å². The molecule has 1 rings (SSSR count). The third-order valence-electron chi connectivity index (χ3n) is 2.51. The van der Waals surface area contributed by atoms with E-state index in [0.717, 1.165) is 11.2 Å². The van der Waals surface area contributed by atoms with Crippen LogP contribution in [0.1, 0.15) is 12.8 Å². The van der Waals surface area contributed by atoms with E-state index in [9.17, 15) is 13.5 Å². The second kappa shape index (κ2) is 8.63. The van der Waals surface area contributed by atoms with Crippen molar-refractivity contribution in [3.05, 3.63) is 30.3 Å². The van der Waals surface area contributed by atoms with Gasteiger partial charge >= 0.3 is 0 Å². The molecule has 0 unspecified atom stereocenters. The first-order valence-electron chi connectivity index (χ1n) is 6.25. The van der Waals surface area contributed by atoms with Crippen molar-refractivity contribution >= 4 is 21.9 Å². The third kappa shape index (κ3) is 7.86. The summed E-state index contributed by atoms with van der Waals surface area (Å²) in [6.45, 7) is -0.435. The molecule has 7 heteroatoms. The highest BCUT2D eigenvalue weighted by Gasteiger charge is 2.18. The molecule has 0 heterocycles. The predicted octanol–water partition coefficient (Wildman–Crippen LogP) is 1.26. The van der Waals surface area contributed by atoms with Gasteiger partial charge in [-0.25, -0.2) is 0 Å². The lowest BCUT2D eigenvalue weighted by Gasteiger charge is -2.17. The van der Waals surface area contributed by atoms with E-state index in [-0.39, 0.29) is 6.42 Å². The molecule has 0 aromatic heterocycles. The first kappa shape index (κ1) is 17.5. The van der Waals surface area contributed by atoms with Crippen molar-refractivity contribution in [1.82, 2.24) is 0 Å². The fourth-order valence-electron chi connectivity index (χ4n) is 1.64. The Morgan fingerprint density at radius 3 is 2.50 bits per heavy atom. The molecule has 114 valence electrons. The van der Waals surface area contributed by atoms with Gasteiger partial charge < -0.3 is 10.2 Å². The Morgan fingerprint density at radius 1 is 1.30 bits per heavy atom. The molecule has 0 saturated heterocycles. The topological polar surface area (TPSA) is 83.8 Å². The number of aliphatic hydroxyl groups excluding tert-OH is 2. The lowest BCUT2D eigenvalue weighted by atomic mass is 10.1. The highest BCUT2D eigenvalue weighted by atomic mass is 32.2. The van der Waals surface area contributed by atoms with E-state index >= 15 is 0 Å². The number of rotatable bonds is 9. The monoisotopic (exact) mass is 320 g/mol. The van der Waals surface area contributed by atoms with E-state index in [1.165, 1.54) is 0 Å². The number of hydrogen-bond donors (Lipinski definition) is 2. The Balaban J connectivity index is 2.30. The molecular weight excluding hydrogens is 300 g/mol. The Morgan fingerprint density at radius 2 is 1.95 bits per heavy atom. The largest absolute Gasteiger partial charge is 0.394 e. The molecule has 0 fully saturated rings. The smallest absolute Gasteiger partial charge is 0.264 e. The average molecular weight is 320 g/mol.